The fraction of sp³-hybridized carbons (Fsp3) is 0.214. The monoisotopic (exact) mass is 228 g/mol. The maximum Gasteiger partial charge on any atom is 0.341 e. The molecule has 1 unspecified atom stereocenters. The molecule has 2 aromatic rings. The van der Waals surface area contributed by atoms with E-state index < -0.39 is 5.79 Å². The number of benzene rings is 2. The molecule has 0 saturated carbocycles. The van der Waals surface area contributed by atoms with Crippen LogP contribution >= 0.6 is 0 Å². The molecule has 0 radical (unpaired) electrons. The van der Waals surface area contributed by atoms with Gasteiger partial charge in [0.05, 0.1) is 5.56 Å². The smallest absolute Gasteiger partial charge is 0.341 e. The number of cyclic esters (lactones) is 1. The van der Waals surface area contributed by atoms with E-state index in [4.69, 9.17) is 9.47 Å². The second-order valence-electron chi connectivity index (χ2n) is 4.25. The number of hydrogen-bond acceptors (Lipinski definition) is 3. The highest BCUT2D eigenvalue weighted by Crippen LogP contribution is 2.39. The van der Waals surface area contributed by atoms with Gasteiger partial charge in [0.25, 0.3) is 0 Å². The molecule has 0 saturated heterocycles. The maximum absolute atomic E-state index is 11.9. The van der Waals surface area contributed by atoms with Crippen molar-refractivity contribution in [1.82, 2.24) is 0 Å². The van der Waals surface area contributed by atoms with Gasteiger partial charge in [-0.2, -0.15) is 0 Å². The number of hydrogen-bond donors (Lipinski definition) is 0. The Morgan fingerprint density at radius 2 is 1.88 bits per heavy atom. The van der Waals surface area contributed by atoms with Gasteiger partial charge in [0.1, 0.15) is 0 Å². The van der Waals surface area contributed by atoms with Crippen molar-refractivity contribution < 1.29 is 14.3 Å². The minimum atomic E-state index is -0.995. The Labute approximate surface area is 99.0 Å². The number of methoxy groups -OCH3 is 1. The van der Waals surface area contributed by atoms with Crippen molar-refractivity contribution in [3.63, 3.8) is 0 Å². The van der Waals surface area contributed by atoms with Gasteiger partial charge in [-0.05, 0) is 11.5 Å². The van der Waals surface area contributed by atoms with E-state index in [1.807, 2.05) is 30.3 Å². The van der Waals surface area contributed by atoms with Crippen LogP contribution in [0.5, 0.6) is 0 Å². The fourth-order valence-corrected chi connectivity index (χ4v) is 2.33. The SMILES string of the molecule is COC1(C)OC(=O)c2cccc3cccc1c23. The fourth-order valence-electron chi connectivity index (χ4n) is 2.33. The summed E-state index contributed by atoms with van der Waals surface area (Å²) in [6.07, 6.45) is 0. The summed E-state index contributed by atoms with van der Waals surface area (Å²) in [7, 11) is 1.54. The first kappa shape index (κ1) is 10.3. The van der Waals surface area contributed by atoms with Crippen LogP contribution in [0.3, 0.4) is 0 Å². The molecule has 0 N–H and O–H groups in total. The highest BCUT2D eigenvalue weighted by molar-refractivity contribution is 6.07. The zero-order valence-electron chi connectivity index (χ0n) is 9.69. The number of ether oxygens (including phenoxy) is 2. The lowest BCUT2D eigenvalue weighted by atomic mass is 9.92. The molecule has 0 spiro atoms. The number of carbonyl (C=O) groups is 1. The minimum Gasteiger partial charge on any atom is -0.425 e. The van der Waals surface area contributed by atoms with Crippen molar-refractivity contribution in [2.75, 3.05) is 7.11 Å². The van der Waals surface area contributed by atoms with Crippen molar-refractivity contribution in [2.24, 2.45) is 0 Å². The highest BCUT2D eigenvalue weighted by atomic mass is 16.7. The Morgan fingerprint density at radius 3 is 2.59 bits per heavy atom. The number of esters is 1. The van der Waals surface area contributed by atoms with Gasteiger partial charge >= 0.3 is 5.97 Å². The molecule has 1 heterocycles. The van der Waals surface area contributed by atoms with Gasteiger partial charge in [0.15, 0.2) is 0 Å². The van der Waals surface area contributed by atoms with Gasteiger partial charge in [0, 0.05) is 25.0 Å². The summed E-state index contributed by atoms with van der Waals surface area (Å²) in [6, 6.07) is 11.5. The van der Waals surface area contributed by atoms with E-state index in [-0.39, 0.29) is 5.97 Å². The van der Waals surface area contributed by atoms with Crippen molar-refractivity contribution in [3.8, 4) is 0 Å². The van der Waals surface area contributed by atoms with Crippen LogP contribution in [0.15, 0.2) is 36.4 Å². The van der Waals surface area contributed by atoms with Crippen molar-refractivity contribution in [2.45, 2.75) is 12.7 Å². The van der Waals surface area contributed by atoms with E-state index in [0.717, 1.165) is 16.3 Å². The molecule has 3 nitrogen and oxygen atoms in total. The zero-order valence-corrected chi connectivity index (χ0v) is 9.69. The third-order valence-electron chi connectivity index (χ3n) is 3.29. The molecule has 0 aromatic heterocycles. The van der Waals surface area contributed by atoms with Crippen molar-refractivity contribution in [3.05, 3.63) is 47.5 Å². The van der Waals surface area contributed by atoms with Crippen LogP contribution in [0.1, 0.15) is 22.8 Å². The van der Waals surface area contributed by atoms with Crippen molar-refractivity contribution >= 4 is 16.7 Å². The van der Waals surface area contributed by atoms with Crippen LogP contribution < -0.4 is 0 Å². The average Bonchev–Trinajstić information content (AvgIpc) is 2.36. The Morgan fingerprint density at radius 1 is 1.18 bits per heavy atom. The second-order valence-corrected chi connectivity index (χ2v) is 4.25. The molecule has 0 aliphatic carbocycles. The topological polar surface area (TPSA) is 35.5 Å². The van der Waals surface area contributed by atoms with Crippen LogP contribution in [0.25, 0.3) is 10.8 Å². The largest absolute Gasteiger partial charge is 0.425 e. The Balaban J connectivity index is 2.47. The third kappa shape index (κ3) is 1.29. The maximum atomic E-state index is 11.9. The van der Waals surface area contributed by atoms with Gasteiger partial charge in [-0.25, -0.2) is 4.79 Å². The molecule has 1 atom stereocenters. The normalized spacial score (nSPS) is 22.6. The van der Waals surface area contributed by atoms with Crippen molar-refractivity contribution in [1.29, 1.82) is 0 Å². The lowest BCUT2D eigenvalue weighted by Gasteiger charge is -2.33. The summed E-state index contributed by atoms with van der Waals surface area (Å²) in [5.41, 5.74) is 1.50. The van der Waals surface area contributed by atoms with E-state index in [1.165, 1.54) is 0 Å². The average molecular weight is 228 g/mol. The molecule has 2 aromatic carbocycles. The zero-order chi connectivity index (χ0) is 12.0. The molecule has 1 aliphatic rings. The summed E-state index contributed by atoms with van der Waals surface area (Å²) in [5, 5.41) is 1.95. The molecule has 17 heavy (non-hydrogen) atoms. The number of carbonyl (C=O) groups excluding carboxylic acids is 1. The third-order valence-corrected chi connectivity index (χ3v) is 3.29. The van der Waals surface area contributed by atoms with Crippen LogP contribution in [0.4, 0.5) is 0 Å². The van der Waals surface area contributed by atoms with Crippen LogP contribution in [0, 0.1) is 0 Å². The summed E-state index contributed by atoms with van der Waals surface area (Å²) < 4.78 is 10.7. The first-order valence-corrected chi connectivity index (χ1v) is 5.46. The van der Waals surface area contributed by atoms with E-state index in [0.29, 0.717) is 5.56 Å². The molecule has 0 amide bonds. The molecule has 0 bridgehead atoms. The molecule has 3 rings (SSSR count). The van der Waals surface area contributed by atoms with Crippen LogP contribution in [0.2, 0.25) is 0 Å². The van der Waals surface area contributed by atoms with Gasteiger partial charge in [-0.1, -0.05) is 30.3 Å². The lowest BCUT2D eigenvalue weighted by Crippen LogP contribution is -2.35. The predicted molar refractivity (Wildman–Crippen MR) is 63.7 cm³/mol. The standard InChI is InChI=1S/C14H12O3/c1-14(16-2)11-8-4-6-9-5-3-7-10(12(9)11)13(15)17-14/h3-8H,1-2H3. The summed E-state index contributed by atoms with van der Waals surface area (Å²) >= 11 is 0. The lowest BCUT2D eigenvalue weighted by molar-refractivity contribution is -0.183. The Kier molecular flexibility index (Phi) is 2.00. The highest BCUT2D eigenvalue weighted by Gasteiger charge is 2.38. The quantitative estimate of drug-likeness (QED) is 0.704. The van der Waals surface area contributed by atoms with Gasteiger partial charge in [-0.3, -0.25) is 0 Å². The number of rotatable bonds is 1. The predicted octanol–water partition coefficient (Wildman–Crippen LogP) is 2.83. The van der Waals surface area contributed by atoms with E-state index >= 15 is 0 Å². The van der Waals surface area contributed by atoms with Crippen LogP contribution in [-0.2, 0) is 15.3 Å². The van der Waals surface area contributed by atoms with Gasteiger partial charge < -0.3 is 9.47 Å². The summed E-state index contributed by atoms with van der Waals surface area (Å²) in [6.45, 7) is 1.76. The molecule has 1 aliphatic heterocycles. The first-order valence-electron chi connectivity index (χ1n) is 5.46. The summed E-state index contributed by atoms with van der Waals surface area (Å²) in [4.78, 5) is 11.9. The molecular formula is C14H12O3. The molecule has 3 heteroatoms. The second kappa shape index (κ2) is 3.31. The van der Waals surface area contributed by atoms with Crippen LogP contribution in [-0.4, -0.2) is 13.1 Å². The molecule has 86 valence electrons. The van der Waals surface area contributed by atoms with E-state index in [1.54, 1.807) is 20.1 Å². The molecular weight excluding hydrogens is 216 g/mol. The summed E-state index contributed by atoms with van der Waals surface area (Å²) in [5.74, 6) is -1.33. The van der Waals surface area contributed by atoms with Gasteiger partial charge in [-0.15, -0.1) is 0 Å². The van der Waals surface area contributed by atoms with E-state index in [2.05, 4.69) is 0 Å². The molecule has 0 fully saturated rings. The minimum absolute atomic E-state index is 0.335. The Hall–Kier alpha value is -1.87. The first-order chi connectivity index (χ1) is 8.15. The van der Waals surface area contributed by atoms with E-state index in [9.17, 15) is 4.79 Å². The van der Waals surface area contributed by atoms with Gasteiger partial charge in [0.2, 0.25) is 5.79 Å². The Bertz CT molecular complexity index is 613.